The van der Waals surface area contributed by atoms with Crippen LogP contribution in [-0.2, 0) is 0 Å². The van der Waals surface area contributed by atoms with Gasteiger partial charge >= 0.3 is 0 Å². The lowest BCUT2D eigenvalue weighted by Crippen LogP contribution is -2.47. The molecule has 0 aliphatic rings. The highest BCUT2D eigenvalue weighted by atomic mass is 16.3. The van der Waals surface area contributed by atoms with Crippen molar-refractivity contribution in [3.63, 3.8) is 0 Å². The van der Waals surface area contributed by atoms with E-state index in [0.29, 0.717) is 0 Å². The molecule has 0 aromatic heterocycles. The maximum absolute atomic E-state index is 9.58. The number of quaternary nitrogens is 2. The molecule has 144 valence electrons. The van der Waals surface area contributed by atoms with E-state index in [2.05, 4.69) is 55.4 Å². The van der Waals surface area contributed by atoms with Gasteiger partial charge in [-0.1, -0.05) is 6.92 Å². The van der Waals surface area contributed by atoms with E-state index in [0.717, 1.165) is 0 Å². The first-order valence-electron chi connectivity index (χ1n) is 9.70. The van der Waals surface area contributed by atoms with Gasteiger partial charge in [-0.3, -0.25) is 0 Å². The minimum atomic E-state index is -0.921. The number of hydrogen-bond donors (Lipinski definition) is 0. The summed E-state index contributed by atoms with van der Waals surface area (Å²) in [6.07, 6.45) is -0.921. The maximum atomic E-state index is 9.58. The molecule has 0 aliphatic heterocycles. The molecule has 0 saturated carbocycles. The van der Waals surface area contributed by atoms with Gasteiger partial charge in [-0.15, -0.1) is 6.10 Å². The Hall–Kier alpha value is -0.160. The summed E-state index contributed by atoms with van der Waals surface area (Å²) in [6, 6.07) is 0. The molecule has 0 spiro atoms. The smallest absolute Gasteiger partial charge is 0.0757 e. The molecular weight excluding hydrogens is 288 g/mol. The van der Waals surface area contributed by atoms with Crippen LogP contribution in [0, 0.1) is 0 Å². The van der Waals surface area contributed by atoms with Crippen molar-refractivity contribution in [2.45, 2.75) is 68.4 Å². The van der Waals surface area contributed by atoms with Crippen molar-refractivity contribution in [3.05, 3.63) is 0 Å². The first kappa shape index (κ1) is 27.7. The molecule has 0 saturated heterocycles. The Morgan fingerprint density at radius 3 is 0.696 bits per heavy atom. The SMILES string of the molecule is CC([O-])C[O-].CC[N+](CC)(CC)CC.CC[N+](CC)(CC)CC. The van der Waals surface area contributed by atoms with Gasteiger partial charge in [0, 0.05) is 0 Å². The molecule has 0 amide bonds. The van der Waals surface area contributed by atoms with Crippen LogP contribution in [0.1, 0.15) is 62.3 Å². The summed E-state index contributed by atoms with van der Waals surface area (Å²) in [7, 11) is 0. The van der Waals surface area contributed by atoms with Crippen molar-refractivity contribution < 1.29 is 19.2 Å². The summed E-state index contributed by atoms with van der Waals surface area (Å²) in [6.45, 7) is 29.3. The van der Waals surface area contributed by atoms with Gasteiger partial charge in [-0.2, -0.15) is 6.61 Å². The fraction of sp³-hybridized carbons (Fsp3) is 1.00. The normalized spacial score (nSPS) is 12.7. The molecular formula is C19H46N2O2. The molecule has 0 aromatic rings. The van der Waals surface area contributed by atoms with E-state index < -0.39 is 12.7 Å². The molecule has 0 bridgehead atoms. The third-order valence-electron chi connectivity index (χ3n) is 5.60. The van der Waals surface area contributed by atoms with E-state index >= 15 is 0 Å². The maximum Gasteiger partial charge on any atom is 0.0757 e. The van der Waals surface area contributed by atoms with Gasteiger partial charge in [0.25, 0.3) is 0 Å². The first-order chi connectivity index (χ1) is 10.8. The Balaban J connectivity index is -0.000000273. The van der Waals surface area contributed by atoms with E-state index in [1.54, 1.807) is 0 Å². The van der Waals surface area contributed by atoms with Crippen LogP contribution in [-0.4, -0.2) is 74.0 Å². The van der Waals surface area contributed by atoms with Crippen LogP contribution in [0.3, 0.4) is 0 Å². The summed E-state index contributed by atoms with van der Waals surface area (Å²) < 4.78 is 2.56. The second kappa shape index (κ2) is 16.7. The summed E-state index contributed by atoms with van der Waals surface area (Å²) in [5, 5.41) is 18.9. The molecule has 23 heavy (non-hydrogen) atoms. The Labute approximate surface area is 147 Å². The Morgan fingerprint density at radius 1 is 0.565 bits per heavy atom. The molecule has 1 atom stereocenters. The van der Waals surface area contributed by atoms with Crippen LogP contribution in [0.4, 0.5) is 0 Å². The number of nitrogens with zero attached hydrogens (tertiary/aromatic N) is 2. The lowest BCUT2D eigenvalue weighted by Gasteiger charge is -2.34. The minimum Gasteiger partial charge on any atom is -0.855 e. The minimum absolute atomic E-state index is 0.500. The summed E-state index contributed by atoms with van der Waals surface area (Å²) >= 11 is 0. The van der Waals surface area contributed by atoms with E-state index in [1.807, 2.05) is 0 Å². The molecule has 1 unspecified atom stereocenters. The summed E-state index contributed by atoms with van der Waals surface area (Å²) in [5.41, 5.74) is 0. The van der Waals surface area contributed by atoms with Gasteiger partial charge < -0.3 is 19.2 Å². The van der Waals surface area contributed by atoms with E-state index in [-0.39, 0.29) is 0 Å². The van der Waals surface area contributed by atoms with Gasteiger partial charge in [-0.05, 0) is 55.4 Å². The monoisotopic (exact) mass is 334 g/mol. The van der Waals surface area contributed by atoms with Crippen molar-refractivity contribution in [3.8, 4) is 0 Å². The molecule has 0 aromatic carbocycles. The van der Waals surface area contributed by atoms with Crippen LogP contribution >= 0.6 is 0 Å². The fourth-order valence-corrected chi connectivity index (χ4v) is 2.68. The zero-order chi connectivity index (χ0) is 18.9. The van der Waals surface area contributed by atoms with Gasteiger partial charge in [0.1, 0.15) is 0 Å². The zero-order valence-electron chi connectivity index (χ0n) is 17.7. The van der Waals surface area contributed by atoms with Crippen molar-refractivity contribution in [1.29, 1.82) is 0 Å². The Kier molecular flexibility index (Phi) is 20.1. The quantitative estimate of drug-likeness (QED) is 0.604. The lowest BCUT2D eigenvalue weighted by molar-refractivity contribution is -0.921. The standard InChI is InChI=1S/2C8H20N.C3H6O2/c2*1-5-9(6-2,7-3)8-4;1-3(5)2-4/h2*5-8H2,1-4H3;3H,2H2,1H3/q2*+1;-2. The number of rotatable bonds is 9. The zero-order valence-corrected chi connectivity index (χ0v) is 17.7. The second-order valence-corrected chi connectivity index (χ2v) is 6.19. The van der Waals surface area contributed by atoms with Crippen LogP contribution in [0.2, 0.25) is 0 Å². The van der Waals surface area contributed by atoms with Gasteiger partial charge in [-0.25, -0.2) is 0 Å². The molecule has 0 fully saturated rings. The predicted octanol–water partition coefficient (Wildman–Crippen LogP) is 1.86. The number of hydrogen-bond acceptors (Lipinski definition) is 2. The lowest BCUT2D eigenvalue weighted by atomic mass is 10.3. The largest absolute Gasteiger partial charge is 0.855 e. The second-order valence-electron chi connectivity index (χ2n) is 6.19. The van der Waals surface area contributed by atoms with Crippen LogP contribution in [0.25, 0.3) is 0 Å². The van der Waals surface area contributed by atoms with Crippen LogP contribution < -0.4 is 10.2 Å². The van der Waals surface area contributed by atoms with Crippen molar-refractivity contribution in [2.75, 3.05) is 59.0 Å². The van der Waals surface area contributed by atoms with Crippen LogP contribution in [0.15, 0.2) is 0 Å². The predicted molar refractivity (Wildman–Crippen MR) is 99.2 cm³/mol. The summed E-state index contributed by atoms with van der Waals surface area (Å²) in [5.74, 6) is 0. The van der Waals surface area contributed by atoms with Crippen molar-refractivity contribution >= 4 is 0 Å². The third kappa shape index (κ3) is 12.9. The fourth-order valence-electron chi connectivity index (χ4n) is 2.68. The molecule has 0 aliphatic carbocycles. The molecule has 0 heterocycles. The van der Waals surface area contributed by atoms with E-state index in [1.165, 1.54) is 68.2 Å². The highest BCUT2D eigenvalue weighted by Gasteiger charge is 2.16. The Morgan fingerprint density at radius 2 is 0.696 bits per heavy atom. The average molecular weight is 335 g/mol. The molecule has 0 N–H and O–H groups in total. The van der Waals surface area contributed by atoms with Gasteiger partial charge in [0.05, 0.1) is 52.4 Å². The summed E-state index contributed by atoms with van der Waals surface area (Å²) in [4.78, 5) is 0. The van der Waals surface area contributed by atoms with E-state index in [4.69, 9.17) is 0 Å². The average Bonchev–Trinajstić information content (AvgIpc) is 2.61. The highest BCUT2D eigenvalue weighted by molar-refractivity contribution is 4.32. The molecule has 0 radical (unpaired) electrons. The molecule has 0 rings (SSSR count). The topological polar surface area (TPSA) is 46.1 Å². The molecule has 4 heteroatoms. The van der Waals surface area contributed by atoms with Crippen molar-refractivity contribution in [2.24, 2.45) is 0 Å². The van der Waals surface area contributed by atoms with Gasteiger partial charge in [0.15, 0.2) is 0 Å². The van der Waals surface area contributed by atoms with Crippen LogP contribution in [0.5, 0.6) is 0 Å². The van der Waals surface area contributed by atoms with Gasteiger partial charge in [0.2, 0.25) is 0 Å². The molecule has 4 nitrogen and oxygen atoms in total. The first-order valence-corrected chi connectivity index (χ1v) is 9.70. The van der Waals surface area contributed by atoms with Crippen molar-refractivity contribution in [1.82, 2.24) is 0 Å². The third-order valence-corrected chi connectivity index (χ3v) is 5.60. The highest BCUT2D eigenvalue weighted by Crippen LogP contribution is 2.03. The van der Waals surface area contributed by atoms with E-state index in [9.17, 15) is 10.2 Å². The Bertz CT molecular complexity index is 170.